The Morgan fingerprint density at radius 2 is 2.00 bits per heavy atom. The molecule has 24 heavy (non-hydrogen) atoms. The van der Waals surface area contributed by atoms with Gasteiger partial charge in [0, 0.05) is 49.9 Å². The van der Waals surface area contributed by atoms with Gasteiger partial charge in [-0.15, -0.1) is 11.3 Å². The largest absolute Gasteiger partial charge is 0.381 e. The maximum absolute atomic E-state index is 12.7. The van der Waals surface area contributed by atoms with Crippen LogP contribution < -0.4 is 10.6 Å². The van der Waals surface area contributed by atoms with Crippen LogP contribution in [-0.2, 0) is 10.3 Å². The summed E-state index contributed by atoms with van der Waals surface area (Å²) in [6.45, 7) is 1.15. The molecule has 2 aliphatic rings. The molecule has 1 aliphatic carbocycles. The molecule has 2 N–H and O–H groups in total. The Balaban J connectivity index is 1.53. The monoisotopic (exact) mass is 345 g/mol. The standard InChI is InChI=1S/C16H19N5O2S/c22-13(12-10-24-15(20-12)19-11-2-3-11)21-16(4-8-23-9-5-16)14-17-6-1-7-18-14/h1,6-7,10-11H,2-5,8-9H2,(H,19,20)(H,21,22). The van der Waals surface area contributed by atoms with Gasteiger partial charge in [-0.25, -0.2) is 15.0 Å². The summed E-state index contributed by atoms with van der Waals surface area (Å²) in [4.78, 5) is 25.8. The predicted molar refractivity (Wildman–Crippen MR) is 90.0 cm³/mol. The zero-order valence-corrected chi connectivity index (χ0v) is 14.0. The highest BCUT2D eigenvalue weighted by atomic mass is 32.1. The molecule has 8 heteroatoms. The van der Waals surface area contributed by atoms with Gasteiger partial charge in [0.2, 0.25) is 0 Å². The van der Waals surface area contributed by atoms with Crippen molar-refractivity contribution < 1.29 is 9.53 Å². The molecule has 2 aromatic rings. The number of hydrogen-bond donors (Lipinski definition) is 2. The Morgan fingerprint density at radius 3 is 2.71 bits per heavy atom. The molecule has 1 saturated heterocycles. The number of thiazole rings is 1. The van der Waals surface area contributed by atoms with E-state index >= 15 is 0 Å². The van der Waals surface area contributed by atoms with E-state index in [1.165, 1.54) is 24.2 Å². The summed E-state index contributed by atoms with van der Waals surface area (Å²) >= 11 is 1.46. The summed E-state index contributed by atoms with van der Waals surface area (Å²) in [5.74, 6) is 0.442. The Bertz CT molecular complexity index is 710. The van der Waals surface area contributed by atoms with Crippen LogP contribution in [0.4, 0.5) is 5.13 Å². The molecule has 7 nitrogen and oxygen atoms in total. The maximum Gasteiger partial charge on any atom is 0.271 e. The number of hydrogen-bond acceptors (Lipinski definition) is 7. The minimum atomic E-state index is -0.593. The van der Waals surface area contributed by atoms with Gasteiger partial charge < -0.3 is 15.4 Å². The number of ether oxygens (including phenoxy) is 1. The number of amides is 1. The molecule has 1 aliphatic heterocycles. The van der Waals surface area contributed by atoms with Crippen LogP contribution in [0.2, 0.25) is 0 Å². The molecule has 0 unspecified atom stereocenters. The first-order chi connectivity index (χ1) is 11.8. The van der Waals surface area contributed by atoms with Gasteiger partial charge in [0.1, 0.15) is 11.2 Å². The van der Waals surface area contributed by atoms with Crippen molar-refractivity contribution in [3.8, 4) is 0 Å². The van der Waals surface area contributed by atoms with Gasteiger partial charge in [-0.2, -0.15) is 0 Å². The molecule has 0 spiro atoms. The molecule has 1 amide bonds. The third-order valence-corrected chi connectivity index (χ3v) is 5.11. The zero-order chi connectivity index (χ0) is 16.4. The van der Waals surface area contributed by atoms with Crippen LogP contribution in [0.15, 0.2) is 23.8 Å². The number of carbonyl (C=O) groups excluding carboxylic acids is 1. The van der Waals surface area contributed by atoms with Gasteiger partial charge >= 0.3 is 0 Å². The zero-order valence-electron chi connectivity index (χ0n) is 13.2. The molecule has 2 aromatic heterocycles. The number of carbonyl (C=O) groups is 1. The fourth-order valence-electron chi connectivity index (χ4n) is 2.80. The van der Waals surface area contributed by atoms with E-state index in [1.807, 2.05) is 0 Å². The molecule has 0 aromatic carbocycles. The van der Waals surface area contributed by atoms with Crippen LogP contribution in [0.5, 0.6) is 0 Å². The summed E-state index contributed by atoms with van der Waals surface area (Å²) in [6.07, 6.45) is 7.06. The van der Waals surface area contributed by atoms with Crippen molar-refractivity contribution in [3.63, 3.8) is 0 Å². The summed E-state index contributed by atoms with van der Waals surface area (Å²) in [5, 5.41) is 9.03. The fraction of sp³-hybridized carbons (Fsp3) is 0.500. The minimum Gasteiger partial charge on any atom is -0.381 e. The molecule has 0 bridgehead atoms. The maximum atomic E-state index is 12.7. The summed E-state index contributed by atoms with van der Waals surface area (Å²) in [7, 11) is 0. The van der Waals surface area contributed by atoms with Gasteiger partial charge in [0.25, 0.3) is 5.91 Å². The Labute approximate surface area is 143 Å². The fourth-order valence-corrected chi connectivity index (χ4v) is 3.57. The SMILES string of the molecule is O=C(NC1(c2ncccn2)CCOCC1)c1csc(NC2CC2)n1. The Hall–Kier alpha value is -2.06. The van der Waals surface area contributed by atoms with E-state index < -0.39 is 5.54 Å². The van der Waals surface area contributed by atoms with Gasteiger partial charge in [-0.3, -0.25) is 4.79 Å². The second kappa shape index (κ2) is 6.45. The highest BCUT2D eigenvalue weighted by Gasteiger charge is 2.39. The molecule has 0 radical (unpaired) electrons. The van der Waals surface area contributed by atoms with E-state index in [1.54, 1.807) is 23.8 Å². The molecule has 126 valence electrons. The molecule has 2 fully saturated rings. The number of anilines is 1. The van der Waals surface area contributed by atoms with Crippen molar-refractivity contribution in [1.82, 2.24) is 20.3 Å². The van der Waals surface area contributed by atoms with Crippen molar-refractivity contribution in [3.05, 3.63) is 35.4 Å². The van der Waals surface area contributed by atoms with E-state index in [0.29, 0.717) is 43.6 Å². The number of nitrogens with zero attached hydrogens (tertiary/aromatic N) is 3. The highest BCUT2D eigenvalue weighted by molar-refractivity contribution is 7.13. The van der Waals surface area contributed by atoms with E-state index in [0.717, 1.165) is 5.13 Å². The van der Waals surface area contributed by atoms with Crippen LogP contribution >= 0.6 is 11.3 Å². The van der Waals surface area contributed by atoms with Crippen LogP contribution in [0.25, 0.3) is 0 Å². The van der Waals surface area contributed by atoms with Crippen LogP contribution in [0, 0.1) is 0 Å². The molecule has 0 atom stereocenters. The summed E-state index contributed by atoms with van der Waals surface area (Å²) in [6, 6.07) is 2.29. The van der Waals surface area contributed by atoms with E-state index in [-0.39, 0.29) is 5.91 Å². The van der Waals surface area contributed by atoms with E-state index in [4.69, 9.17) is 4.74 Å². The topological polar surface area (TPSA) is 89.0 Å². The summed E-state index contributed by atoms with van der Waals surface area (Å²) < 4.78 is 5.46. The van der Waals surface area contributed by atoms with Crippen LogP contribution in [0.1, 0.15) is 42.0 Å². The second-order valence-corrected chi connectivity index (χ2v) is 7.04. The van der Waals surface area contributed by atoms with Crippen LogP contribution in [0.3, 0.4) is 0 Å². The van der Waals surface area contributed by atoms with Crippen molar-refractivity contribution in [2.75, 3.05) is 18.5 Å². The molecular formula is C16H19N5O2S. The Kier molecular flexibility index (Phi) is 4.15. The van der Waals surface area contributed by atoms with Gasteiger partial charge in [-0.05, 0) is 18.9 Å². The van der Waals surface area contributed by atoms with Gasteiger partial charge in [0.05, 0.1) is 0 Å². The van der Waals surface area contributed by atoms with Crippen molar-refractivity contribution in [1.29, 1.82) is 0 Å². The first kappa shape index (κ1) is 15.5. The smallest absolute Gasteiger partial charge is 0.271 e. The third-order valence-electron chi connectivity index (χ3n) is 4.33. The van der Waals surface area contributed by atoms with Gasteiger partial charge in [-0.1, -0.05) is 0 Å². The van der Waals surface area contributed by atoms with E-state index in [9.17, 15) is 4.79 Å². The second-order valence-electron chi connectivity index (χ2n) is 6.18. The third kappa shape index (κ3) is 3.25. The predicted octanol–water partition coefficient (Wildman–Crippen LogP) is 1.94. The Morgan fingerprint density at radius 1 is 1.25 bits per heavy atom. The lowest BCUT2D eigenvalue weighted by atomic mass is 9.88. The van der Waals surface area contributed by atoms with Gasteiger partial charge in [0.15, 0.2) is 11.0 Å². The summed E-state index contributed by atoms with van der Waals surface area (Å²) in [5.41, 5.74) is -0.158. The lowest BCUT2D eigenvalue weighted by molar-refractivity contribution is 0.0312. The molecule has 3 heterocycles. The molecular weight excluding hydrogens is 326 g/mol. The number of nitrogens with one attached hydrogen (secondary N) is 2. The molecule has 4 rings (SSSR count). The number of aromatic nitrogens is 3. The number of rotatable bonds is 5. The highest BCUT2D eigenvalue weighted by Crippen LogP contribution is 2.31. The average Bonchev–Trinajstić information content (AvgIpc) is 3.31. The van der Waals surface area contributed by atoms with E-state index in [2.05, 4.69) is 25.6 Å². The van der Waals surface area contributed by atoms with Crippen LogP contribution in [-0.4, -0.2) is 40.1 Å². The lowest BCUT2D eigenvalue weighted by Gasteiger charge is -2.36. The minimum absolute atomic E-state index is 0.190. The lowest BCUT2D eigenvalue weighted by Crippen LogP contribution is -2.50. The molecule has 1 saturated carbocycles. The normalized spacial score (nSPS) is 19.7. The van der Waals surface area contributed by atoms with Crippen molar-refractivity contribution in [2.24, 2.45) is 0 Å². The first-order valence-electron chi connectivity index (χ1n) is 8.15. The van der Waals surface area contributed by atoms with Crippen molar-refractivity contribution in [2.45, 2.75) is 37.3 Å². The average molecular weight is 345 g/mol. The first-order valence-corrected chi connectivity index (χ1v) is 9.03. The van der Waals surface area contributed by atoms with Crippen molar-refractivity contribution >= 4 is 22.4 Å². The quantitative estimate of drug-likeness (QED) is 0.861.